The zero-order valence-corrected chi connectivity index (χ0v) is 20.9. The zero-order chi connectivity index (χ0) is 26.1. The van der Waals surface area contributed by atoms with Crippen molar-refractivity contribution in [2.45, 2.75) is 48.3 Å². The van der Waals surface area contributed by atoms with E-state index in [0.717, 1.165) is 22.6 Å². The lowest BCUT2D eigenvalue weighted by molar-refractivity contribution is -0.131. The van der Waals surface area contributed by atoms with Crippen molar-refractivity contribution in [3.8, 4) is 0 Å². The van der Waals surface area contributed by atoms with E-state index in [-0.39, 0.29) is 12.0 Å². The van der Waals surface area contributed by atoms with Crippen molar-refractivity contribution in [1.82, 2.24) is 10.0 Å². The molecule has 2 aromatic carbocycles. The van der Waals surface area contributed by atoms with E-state index in [2.05, 4.69) is 10.0 Å². The van der Waals surface area contributed by atoms with Gasteiger partial charge in [-0.25, -0.2) is 8.78 Å². The summed E-state index contributed by atoms with van der Waals surface area (Å²) < 4.78 is 33.8. The zero-order valence-electron chi connectivity index (χ0n) is 19.3. The molecule has 2 aliphatic rings. The lowest BCUT2D eigenvalue weighted by Crippen LogP contribution is -2.53. The molecule has 1 aliphatic carbocycles. The topological polar surface area (TPSA) is 101 Å². The van der Waals surface area contributed by atoms with Gasteiger partial charge in [0.2, 0.25) is 23.3 Å². The molecule has 188 valence electrons. The van der Waals surface area contributed by atoms with Gasteiger partial charge < -0.3 is 11.1 Å². The van der Waals surface area contributed by atoms with Crippen LogP contribution in [-0.2, 0) is 26.3 Å². The molecule has 1 heterocycles. The van der Waals surface area contributed by atoms with Crippen LogP contribution in [0.25, 0.3) is 0 Å². The highest BCUT2D eigenvalue weighted by atomic mass is 35.5. The van der Waals surface area contributed by atoms with Gasteiger partial charge in [0.05, 0.1) is 12.5 Å². The molecule has 3 atom stereocenters. The van der Waals surface area contributed by atoms with Gasteiger partial charge in [-0.15, -0.1) is 0 Å². The molecule has 36 heavy (non-hydrogen) atoms. The molecule has 0 saturated heterocycles. The van der Waals surface area contributed by atoms with Crippen LogP contribution >= 0.6 is 23.5 Å². The molecule has 0 radical (unpaired) electrons. The fourth-order valence-corrected chi connectivity index (χ4v) is 5.45. The molecule has 4 rings (SSSR count). The first-order valence-corrected chi connectivity index (χ1v) is 12.4. The van der Waals surface area contributed by atoms with E-state index in [9.17, 15) is 18.8 Å². The predicted molar refractivity (Wildman–Crippen MR) is 134 cm³/mol. The number of rotatable bonds is 6. The molecule has 0 saturated carbocycles. The number of halogens is 3. The second-order valence-electron chi connectivity index (χ2n) is 8.95. The number of benzene rings is 2. The molecule has 2 amide bonds. The number of hydrogen-bond acceptors (Lipinski definition) is 5. The Morgan fingerprint density at radius 3 is 2.64 bits per heavy atom. The molecule has 0 aromatic heterocycles. The second kappa shape index (κ2) is 10.2. The summed E-state index contributed by atoms with van der Waals surface area (Å²) in [5.41, 5.74) is 2.65. The van der Waals surface area contributed by atoms with Crippen LogP contribution in [0.15, 0.2) is 77.0 Å². The minimum atomic E-state index is -2.69. The summed E-state index contributed by atoms with van der Waals surface area (Å²) in [6, 6.07) is 12.7. The van der Waals surface area contributed by atoms with E-state index in [1.165, 1.54) is 18.9 Å². The van der Waals surface area contributed by atoms with E-state index in [0.29, 0.717) is 17.0 Å². The maximum atomic E-state index is 16.2. The summed E-state index contributed by atoms with van der Waals surface area (Å²) in [5, 5.41) is 2.99. The lowest BCUT2D eigenvalue weighted by atomic mass is 9.82. The smallest absolute Gasteiger partial charge is 0.247 e. The number of ketones is 1. The average molecular weight is 532 g/mol. The fourth-order valence-electron chi connectivity index (χ4n) is 4.32. The van der Waals surface area contributed by atoms with Crippen molar-refractivity contribution in [1.29, 1.82) is 0 Å². The highest BCUT2D eigenvalue weighted by Crippen LogP contribution is 2.37. The van der Waals surface area contributed by atoms with Gasteiger partial charge in [0.1, 0.15) is 5.54 Å². The van der Waals surface area contributed by atoms with Crippen LogP contribution in [-0.4, -0.2) is 29.3 Å². The highest BCUT2D eigenvalue weighted by molar-refractivity contribution is 7.97. The molecule has 2 aromatic rings. The molecule has 1 unspecified atom stereocenters. The van der Waals surface area contributed by atoms with Crippen LogP contribution in [0.2, 0.25) is 5.02 Å². The van der Waals surface area contributed by atoms with Crippen LogP contribution in [0.3, 0.4) is 0 Å². The van der Waals surface area contributed by atoms with Gasteiger partial charge in [-0.3, -0.25) is 19.1 Å². The maximum Gasteiger partial charge on any atom is 0.247 e. The fraction of sp³-hybridized carbons (Fsp3) is 0.269. The largest absolute Gasteiger partial charge is 0.367 e. The Bertz CT molecular complexity index is 1260. The molecule has 4 N–H and O–H groups in total. The van der Waals surface area contributed by atoms with Gasteiger partial charge in [-0.2, -0.15) is 0 Å². The van der Waals surface area contributed by atoms with Gasteiger partial charge >= 0.3 is 0 Å². The number of carbonyl (C=O) groups is 3. The van der Waals surface area contributed by atoms with E-state index in [1.54, 1.807) is 24.3 Å². The summed E-state index contributed by atoms with van der Waals surface area (Å²) in [4.78, 5) is 38.6. The van der Waals surface area contributed by atoms with Crippen LogP contribution in [0, 0.1) is 0 Å². The number of allylic oxidation sites excluding steroid dienone is 2. The SMILES string of the molecule is C[C@](NC(=O)CC1=CC(F)([C@H]2CCc3ccccc3SN2)C(=O)C(F)=C1)(C(N)=O)c1ccc(Cl)cc1. The normalized spacial score (nSPS) is 23.4. The first kappa shape index (κ1) is 26.1. The average Bonchev–Trinajstić information content (AvgIpc) is 3.06. The second-order valence-corrected chi connectivity index (χ2v) is 10.3. The molecule has 0 spiro atoms. The van der Waals surface area contributed by atoms with Gasteiger partial charge in [-0.1, -0.05) is 41.9 Å². The van der Waals surface area contributed by atoms with Crippen molar-refractivity contribution >= 4 is 41.1 Å². The van der Waals surface area contributed by atoms with Crippen molar-refractivity contribution in [3.63, 3.8) is 0 Å². The van der Waals surface area contributed by atoms with Crippen LogP contribution in [0.5, 0.6) is 0 Å². The monoisotopic (exact) mass is 531 g/mol. The Kier molecular flexibility index (Phi) is 7.36. The number of alkyl halides is 1. The summed E-state index contributed by atoms with van der Waals surface area (Å²) in [7, 11) is 0. The third-order valence-corrected chi connectivity index (χ3v) is 7.71. The number of primary amides is 1. The molecule has 10 heteroatoms. The van der Waals surface area contributed by atoms with Crippen molar-refractivity contribution in [2.75, 3.05) is 0 Å². The third kappa shape index (κ3) is 5.09. The van der Waals surface area contributed by atoms with Gasteiger partial charge in [0.15, 0.2) is 5.83 Å². The Morgan fingerprint density at radius 2 is 1.94 bits per heavy atom. The van der Waals surface area contributed by atoms with Crippen molar-refractivity contribution in [2.24, 2.45) is 5.73 Å². The van der Waals surface area contributed by atoms with Crippen LogP contribution in [0.1, 0.15) is 30.9 Å². The van der Waals surface area contributed by atoms with Gasteiger partial charge in [-0.05, 0) is 78.8 Å². The molecular weight excluding hydrogens is 508 g/mol. The summed E-state index contributed by atoms with van der Waals surface area (Å²) in [5.74, 6) is -4.09. The number of aryl methyl sites for hydroxylation is 1. The predicted octanol–water partition coefficient (Wildman–Crippen LogP) is 4.23. The van der Waals surface area contributed by atoms with Crippen LogP contribution in [0.4, 0.5) is 8.78 Å². The van der Waals surface area contributed by atoms with Gasteiger partial charge in [0, 0.05) is 9.92 Å². The van der Waals surface area contributed by atoms with E-state index in [4.69, 9.17) is 17.3 Å². The first-order chi connectivity index (χ1) is 17.0. The van der Waals surface area contributed by atoms with Crippen molar-refractivity contribution < 1.29 is 23.2 Å². The minimum absolute atomic E-state index is 0.0245. The molecule has 0 fully saturated rings. The summed E-state index contributed by atoms with van der Waals surface area (Å²) in [6.45, 7) is 1.43. The first-order valence-electron chi connectivity index (χ1n) is 11.2. The lowest BCUT2D eigenvalue weighted by Gasteiger charge is -2.32. The highest BCUT2D eigenvalue weighted by Gasteiger charge is 2.49. The number of nitrogens with one attached hydrogen (secondary N) is 2. The van der Waals surface area contributed by atoms with Crippen LogP contribution < -0.4 is 15.8 Å². The Labute approximate surface area is 216 Å². The number of fused-ring (bicyclic) bond motifs is 1. The van der Waals surface area contributed by atoms with Crippen molar-refractivity contribution in [3.05, 3.63) is 88.2 Å². The van der Waals surface area contributed by atoms with E-state index < -0.39 is 47.1 Å². The number of hydrogen-bond donors (Lipinski definition) is 3. The number of amides is 2. The molecule has 6 nitrogen and oxygen atoms in total. The molecular formula is C26H24ClF2N3O3S. The summed E-state index contributed by atoms with van der Waals surface area (Å²) in [6.07, 6.45) is 2.11. The van der Waals surface area contributed by atoms with E-state index >= 15 is 4.39 Å². The Morgan fingerprint density at radius 1 is 1.25 bits per heavy atom. The standard InChI is InChI=1S/C26H24ClF2N3O3S/c1-25(24(30)35,17-7-9-18(27)10-8-17)31-22(33)13-15-12-19(28)23(34)26(29,14-15)21-11-6-16-4-2-3-5-20(16)36-32-21/h2-5,7-10,12,14,21,32H,6,11,13H2,1H3,(H2,30,35)(H,31,33)/t21-,25-,26?/m1/s1. The summed E-state index contributed by atoms with van der Waals surface area (Å²) >= 11 is 7.09. The maximum absolute atomic E-state index is 16.2. The Hall–Kier alpha value is -3.01. The Balaban J connectivity index is 1.55. The third-order valence-electron chi connectivity index (χ3n) is 6.43. The molecule has 0 bridgehead atoms. The minimum Gasteiger partial charge on any atom is -0.367 e. The van der Waals surface area contributed by atoms with E-state index in [1.807, 2.05) is 24.3 Å². The molecule has 1 aliphatic heterocycles. The van der Waals surface area contributed by atoms with Gasteiger partial charge in [0.25, 0.3) is 0 Å². The number of nitrogens with two attached hydrogens (primary N) is 1. The quantitative estimate of drug-likeness (QED) is 0.484. The number of Topliss-reactive ketones (excluding diaryl/α,β-unsaturated/α-hetero) is 1. The number of carbonyl (C=O) groups excluding carboxylic acids is 3.